The molecule has 2 aromatic carbocycles. The van der Waals surface area contributed by atoms with Crippen molar-refractivity contribution >= 4 is 29.9 Å². The van der Waals surface area contributed by atoms with E-state index in [1.807, 2.05) is 25.1 Å². The van der Waals surface area contributed by atoms with Gasteiger partial charge in [-0.3, -0.25) is 9.59 Å². The van der Waals surface area contributed by atoms with Crippen LogP contribution in [0, 0.1) is 0 Å². The number of anilines is 1. The largest absolute Gasteiger partial charge is 0.494 e. The number of nitrogens with two attached hydrogens (primary N) is 1. The molecular weight excluding hydrogens is 354 g/mol. The molecule has 2 aromatic rings. The summed E-state index contributed by atoms with van der Waals surface area (Å²) in [6, 6.07) is 16.0. The topological polar surface area (TPSA) is 93.5 Å². The third-order valence-corrected chi connectivity index (χ3v) is 3.70. The Balaban J connectivity index is 0.00000338. The van der Waals surface area contributed by atoms with Crippen LogP contribution in [-0.2, 0) is 15.1 Å². The third-order valence-electron chi connectivity index (χ3n) is 3.70. The van der Waals surface area contributed by atoms with E-state index in [0.29, 0.717) is 17.9 Å². The molecule has 1 atom stereocenters. The molecule has 26 heavy (non-hydrogen) atoms. The number of rotatable bonds is 7. The highest BCUT2D eigenvalue weighted by atomic mass is 35.5. The molecule has 6 nitrogen and oxygen atoms in total. The standard InChI is InChI=1S/C19H23N3O3.ClH/c1-3-25-16-11-9-15(10-12-16)22-17(23)13-21-18(24)19(2,20)14-7-5-4-6-8-14;/h4-12H,3,13,20H2,1-2H3,(H,21,24)(H,22,23);1H. The fourth-order valence-corrected chi connectivity index (χ4v) is 2.27. The van der Waals surface area contributed by atoms with Crippen LogP contribution in [0.15, 0.2) is 54.6 Å². The van der Waals surface area contributed by atoms with E-state index in [-0.39, 0.29) is 24.9 Å². The number of nitrogens with one attached hydrogen (secondary N) is 2. The molecule has 2 rings (SSSR count). The Hall–Kier alpha value is -2.57. The minimum atomic E-state index is -1.21. The van der Waals surface area contributed by atoms with Crippen LogP contribution in [0.4, 0.5) is 5.69 Å². The number of amides is 2. The Labute approximate surface area is 159 Å². The molecule has 0 radical (unpaired) electrons. The fraction of sp³-hybridized carbons (Fsp3) is 0.263. The normalized spacial score (nSPS) is 12.3. The van der Waals surface area contributed by atoms with Gasteiger partial charge < -0.3 is 21.1 Å². The summed E-state index contributed by atoms with van der Waals surface area (Å²) in [5.41, 5.74) is 6.21. The number of carbonyl (C=O) groups is 2. The predicted octanol–water partition coefficient (Wildman–Crippen LogP) is 2.44. The zero-order valence-electron chi connectivity index (χ0n) is 14.8. The lowest BCUT2D eigenvalue weighted by Gasteiger charge is -2.23. The van der Waals surface area contributed by atoms with E-state index in [9.17, 15) is 9.59 Å². The molecule has 0 aliphatic rings. The highest BCUT2D eigenvalue weighted by molar-refractivity contribution is 5.96. The van der Waals surface area contributed by atoms with Crippen LogP contribution >= 0.6 is 12.4 Å². The van der Waals surface area contributed by atoms with Crippen molar-refractivity contribution in [2.45, 2.75) is 19.4 Å². The third kappa shape index (κ3) is 5.75. The molecule has 140 valence electrons. The quantitative estimate of drug-likeness (QED) is 0.690. The molecule has 7 heteroatoms. The maximum Gasteiger partial charge on any atom is 0.244 e. The van der Waals surface area contributed by atoms with Crippen molar-refractivity contribution in [3.63, 3.8) is 0 Å². The van der Waals surface area contributed by atoms with Gasteiger partial charge in [0.2, 0.25) is 11.8 Å². The minimum Gasteiger partial charge on any atom is -0.494 e. The molecule has 4 N–H and O–H groups in total. The molecule has 0 fully saturated rings. The minimum absolute atomic E-state index is 0. The van der Waals surface area contributed by atoms with E-state index in [1.165, 1.54) is 0 Å². The van der Waals surface area contributed by atoms with Gasteiger partial charge in [0, 0.05) is 5.69 Å². The summed E-state index contributed by atoms with van der Waals surface area (Å²) in [5.74, 6) is -0.0162. The number of hydrogen-bond donors (Lipinski definition) is 3. The fourth-order valence-electron chi connectivity index (χ4n) is 2.27. The van der Waals surface area contributed by atoms with Gasteiger partial charge in [-0.05, 0) is 43.7 Å². The van der Waals surface area contributed by atoms with E-state index >= 15 is 0 Å². The van der Waals surface area contributed by atoms with Crippen LogP contribution < -0.4 is 21.1 Å². The van der Waals surface area contributed by atoms with Gasteiger partial charge in [0.15, 0.2) is 0 Å². The van der Waals surface area contributed by atoms with Crippen LogP contribution in [0.2, 0.25) is 0 Å². The second-order valence-electron chi connectivity index (χ2n) is 5.76. The van der Waals surface area contributed by atoms with E-state index in [2.05, 4.69) is 10.6 Å². The first-order valence-electron chi connectivity index (χ1n) is 8.09. The number of halogens is 1. The summed E-state index contributed by atoms with van der Waals surface area (Å²) in [5, 5.41) is 5.28. The average Bonchev–Trinajstić information content (AvgIpc) is 2.62. The highest BCUT2D eigenvalue weighted by Gasteiger charge is 2.30. The second-order valence-corrected chi connectivity index (χ2v) is 5.76. The summed E-state index contributed by atoms with van der Waals surface area (Å²) in [6.45, 7) is 3.93. The molecule has 1 unspecified atom stereocenters. The van der Waals surface area contributed by atoms with Gasteiger partial charge >= 0.3 is 0 Å². The molecule has 0 aliphatic heterocycles. The molecule has 2 amide bonds. The van der Waals surface area contributed by atoms with E-state index in [0.717, 1.165) is 5.75 Å². The number of hydrogen-bond acceptors (Lipinski definition) is 4. The van der Waals surface area contributed by atoms with Crippen molar-refractivity contribution in [1.82, 2.24) is 5.32 Å². The van der Waals surface area contributed by atoms with Crippen molar-refractivity contribution in [3.05, 3.63) is 60.2 Å². The van der Waals surface area contributed by atoms with Gasteiger partial charge in [0.05, 0.1) is 13.2 Å². The maximum atomic E-state index is 12.3. The molecule has 0 aromatic heterocycles. The SMILES string of the molecule is CCOc1ccc(NC(=O)CNC(=O)C(C)(N)c2ccccc2)cc1.Cl. The van der Waals surface area contributed by atoms with Crippen molar-refractivity contribution in [2.24, 2.45) is 5.73 Å². The Morgan fingerprint density at radius 3 is 2.27 bits per heavy atom. The highest BCUT2D eigenvalue weighted by Crippen LogP contribution is 2.17. The van der Waals surface area contributed by atoms with Gasteiger partial charge in [-0.1, -0.05) is 30.3 Å². The first kappa shape index (κ1) is 21.5. The second kappa shape index (κ2) is 9.79. The lowest BCUT2D eigenvalue weighted by Crippen LogP contribution is -2.50. The Morgan fingerprint density at radius 1 is 1.08 bits per heavy atom. The lowest BCUT2D eigenvalue weighted by molar-refractivity contribution is -0.128. The van der Waals surface area contributed by atoms with Crippen molar-refractivity contribution < 1.29 is 14.3 Å². The van der Waals surface area contributed by atoms with E-state index < -0.39 is 11.4 Å². The monoisotopic (exact) mass is 377 g/mol. The number of benzene rings is 2. The summed E-state index contributed by atoms with van der Waals surface area (Å²) in [7, 11) is 0. The molecule has 0 saturated heterocycles. The molecule has 0 bridgehead atoms. The van der Waals surface area contributed by atoms with Crippen molar-refractivity contribution in [2.75, 3.05) is 18.5 Å². The molecule has 0 spiro atoms. The molecular formula is C19H24ClN3O3. The van der Waals surface area contributed by atoms with E-state index in [4.69, 9.17) is 10.5 Å². The van der Waals surface area contributed by atoms with Gasteiger partial charge in [-0.2, -0.15) is 0 Å². The summed E-state index contributed by atoms with van der Waals surface area (Å²) < 4.78 is 5.34. The zero-order valence-corrected chi connectivity index (χ0v) is 15.6. The van der Waals surface area contributed by atoms with Crippen molar-refractivity contribution in [3.8, 4) is 5.75 Å². The molecule has 0 aliphatic carbocycles. The van der Waals surface area contributed by atoms with Crippen LogP contribution in [0.3, 0.4) is 0 Å². The molecule has 0 heterocycles. The van der Waals surface area contributed by atoms with Crippen LogP contribution in [0.25, 0.3) is 0 Å². The summed E-state index contributed by atoms with van der Waals surface area (Å²) in [6.07, 6.45) is 0. The van der Waals surface area contributed by atoms with Gasteiger partial charge in [-0.15, -0.1) is 12.4 Å². The Morgan fingerprint density at radius 2 is 1.69 bits per heavy atom. The lowest BCUT2D eigenvalue weighted by atomic mass is 9.92. The average molecular weight is 378 g/mol. The zero-order chi connectivity index (χ0) is 18.3. The Bertz CT molecular complexity index is 719. The number of carbonyl (C=O) groups excluding carboxylic acids is 2. The Kier molecular flexibility index (Phi) is 8.09. The summed E-state index contributed by atoms with van der Waals surface area (Å²) >= 11 is 0. The molecule has 0 saturated carbocycles. The maximum absolute atomic E-state index is 12.3. The van der Waals surface area contributed by atoms with Crippen LogP contribution in [-0.4, -0.2) is 25.0 Å². The smallest absolute Gasteiger partial charge is 0.244 e. The van der Waals surface area contributed by atoms with Gasteiger partial charge in [0.1, 0.15) is 11.3 Å². The van der Waals surface area contributed by atoms with Gasteiger partial charge in [-0.25, -0.2) is 0 Å². The first-order chi connectivity index (χ1) is 11.9. The van der Waals surface area contributed by atoms with Crippen LogP contribution in [0.5, 0.6) is 5.75 Å². The predicted molar refractivity (Wildman–Crippen MR) is 104 cm³/mol. The summed E-state index contributed by atoms with van der Waals surface area (Å²) in [4.78, 5) is 24.3. The van der Waals surface area contributed by atoms with Gasteiger partial charge in [0.25, 0.3) is 0 Å². The first-order valence-corrected chi connectivity index (χ1v) is 8.09. The van der Waals surface area contributed by atoms with E-state index in [1.54, 1.807) is 43.3 Å². The number of ether oxygens (including phenoxy) is 1. The van der Waals surface area contributed by atoms with Crippen LogP contribution in [0.1, 0.15) is 19.4 Å². The van der Waals surface area contributed by atoms with Crippen molar-refractivity contribution in [1.29, 1.82) is 0 Å².